The monoisotopic (exact) mass is 336 g/mol. The second-order valence-electron chi connectivity index (χ2n) is 4.42. The minimum atomic E-state index is -0.307. The fourth-order valence-electron chi connectivity index (χ4n) is 1.67. The Labute approximate surface area is 125 Å². The molecule has 20 heavy (non-hydrogen) atoms. The Balaban J connectivity index is 1.90. The van der Waals surface area contributed by atoms with Crippen LogP contribution >= 0.6 is 15.9 Å². The maximum atomic E-state index is 12.7. The summed E-state index contributed by atoms with van der Waals surface area (Å²) in [7, 11) is 0. The van der Waals surface area contributed by atoms with Gasteiger partial charge in [-0.15, -0.1) is 0 Å². The summed E-state index contributed by atoms with van der Waals surface area (Å²) in [5.41, 5.74) is 2.64. The van der Waals surface area contributed by atoms with E-state index in [-0.39, 0.29) is 11.8 Å². The molecule has 0 aliphatic heterocycles. The highest BCUT2D eigenvalue weighted by Gasteiger charge is 2.05. The van der Waals surface area contributed by atoms with Crippen molar-refractivity contribution in [2.75, 3.05) is 5.32 Å². The highest BCUT2D eigenvalue weighted by molar-refractivity contribution is 9.10. The van der Waals surface area contributed by atoms with Crippen molar-refractivity contribution < 1.29 is 9.18 Å². The van der Waals surface area contributed by atoms with E-state index in [1.54, 1.807) is 12.1 Å². The van der Waals surface area contributed by atoms with Crippen LogP contribution in [-0.2, 0) is 6.54 Å². The molecule has 0 heterocycles. The first-order valence-corrected chi connectivity index (χ1v) is 6.89. The van der Waals surface area contributed by atoms with Gasteiger partial charge in [0, 0.05) is 11.0 Å². The van der Waals surface area contributed by atoms with Crippen LogP contribution in [0.4, 0.5) is 14.9 Å². The number of carbonyl (C=O) groups is 1. The number of urea groups is 1. The van der Waals surface area contributed by atoms with E-state index in [1.807, 2.05) is 25.1 Å². The van der Waals surface area contributed by atoms with Gasteiger partial charge in [0.1, 0.15) is 5.82 Å². The molecule has 0 radical (unpaired) electrons. The molecule has 3 nitrogen and oxygen atoms in total. The Morgan fingerprint density at radius 3 is 2.55 bits per heavy atom. The van der Waals surface area contributed by atoms with Gasteiger partial charge in [-0.3, -0.25) is 0 Å². The van der Waals surface area contributed by atoms with Crippen molar-refractivity contribution in [3.05, 3.63) is 63.9 Å². The molecule has 0 spiro atoms. The van der Waals surface area contributed by atoms with Crippen LogP contribution in [0, 0.1) is 12.7 Å². The number of halogens is 2. The molecule has 0 bridgehead atoms. The first-order chi connectivity index (χ1) is 9.54. The first kappa shape index (κ1) is 14.5. The molecule has 0 aromatic heterocycles. The lowest BCUT2D eigenvalue weighted by atomic mass is 10.2. The Bertz CT molecular complexity index is 614. The summed E-state index contributed by atoms with van der Waals surface area (Å²) in [6.45, 7) is 2.32. The van der Waals surface area contributed by atoms with Crippen LogP contribution in [-0.4, -0.2) is 6.03 Å². The summed E-state index contributed by atoms with van der Waals surface area (Å²) in [6, 6.07) is 11.4. The zero-order valence-corrected chi connectivity index (χ0v) is 12.5. The Morgan fingerprint density at radius 1 is 1.20 bits per heavy atom. The third-order valence-electron chi connectivity index (χ3n) is 2.74. The minimum Gasteiger partial charge on any atom is -0.334 e. The van der Waals surface area contributed by atoms with Crippen LogP contribution in [0.2, 0.25) is 0 Å². The summed E-state index contributed by atoms with van der Waals surface area (Å²) in [6.07, 6.45) is 0. The number of anilines is 1. The molecular weight excluding hydrogens is 323 g/mol. The van der Waals surface area contributed by atoms with Crippen LogP contribution in [0.3, 0.4) is 0 Å². The molecule has 2 N–H and O–H groups in total. The lowest BCUT2D eigenvalue weighted by Gasteiger charge is -2.09. The average Bonchev–Trinajstić information content (AvgIpc) is 2.41. The molecule has 0 atom stereocenters. The predicted molar refractivity (Wildman–Crippen MR) is 81.1 cm³/mol. The van der Waals surface area contributed by atoms with E-state index in [9.17, 15) is 9.18 Å². The molecule has 0 aliphatic rings. The van der Waals surface area contributed by atoms with Crippen LogP contribution in [0.15, 0.2) is 46.9 Å². The normalized spacial score (nSPS) is 10.2. The number of amides is 2. The minimum absolute atomic E-state index is 0.290. The molecular formula is C15H14BrFN2O. The summed E-state index contributed by atoms with van der Waals surface area (Å²) >= 11 is 3.40. The van der Waals surface area contributed by atoms with Crippen molar-refractivity contribution >= 4 is 27.6 Å². The number of nitrogens with one attached hydrogen (secondary N) is 2. The average molecular weight is 337 g/mol. The third kappa shape index (κ3) is 4.06. The molecule has 104 valence electrons. The van der Waals surface area contributed by atoms with Crippen molar-refractivity contribution in [2.45, 2.75) is 13.5 Å². The van der Waals surface area contributed by atoms with E-state index in [0.717, 1.165) is 15.6 Å². The topological polar surface area (TPSA) is 41.1 Å². The molecule has 0 aliphatic carbocycles. The van der Waals surface area contributed by atoms with Crippen molar-refractivity contribution in [1.29, 1.82) is 0 Å². The van der Waals surface area contributed by atoms with Crippen molar-refractivity contribution in [1.82, 2.24) is 5.32 Å². The largest absolute Gasteiger partial charge is 0.334 e. The van der Waals surface area contributed by atoms with Crippen LogP contribution in [0.1, 0.15) is 11.1 Å². The maximum absolute atomic E-state index is 12.7. The Hall–Kier alpha value is -1.88. The summed E-state index contributed by atoms with van der Waals surface area (Å²) in [5.74, 6) is -0.290. The van der Waals surface area contributed by atoms with Crippen molar-refractivity contribution in [3.8, 4) is 0 Å². The highest BCUT2D eigenvalue weighted by Crippen LogP contribution is 2.23. The quantitative estimate of drug-likeness (QED) is 0.865. The molecule has 2 amide bonds. The SMILES string of the molecule is Cc1ccc(NC(=O)NCc2ccc(F)cc2)c(Br)c1. The van der Waals surface area contributed by atoms with Gasteiger partial charge in [-0.2, -0.15) is 0 Å². The molecule has 2 rings (SSSR count). The molecule has 2 aromatic carbocycles. The van der Waals surface area contributed by atoms with Gasteiger partial charge >= 0.3 is 6.03 Å². The fraction of sp³-hybridized carbons (Fsp3) is 0.133. The van der Waals surface area contributed by atoms with E-state index < -0.39 is 0 Å². The van der Waals surface area contributed by atoms with Gasteiger partial charge in [0.05, 0.1) is 5.69 Å². The van der Waals surface area contributed by atoms with E-state index in [2.05, 4.69) is 26.6 Å². The van der Waals surface area contributed by atoms with Gasteiger partial charge in [0.2, 0.25) is 0 Å². The molecule has 0 saturated heterocycles. The van der Waals surface area contributed by atoms with Gasteiger partial charge in [0.25, 0.3) is 0 Å². The van der Waals surface area contributed by atoms with E-state index in [4.69, 9.17) is 0 Å². The van der Waals surface area contributed by atoms with E-state index >= 15 is 0 Å². The number of rotatable bonds is 3. The van der Waals surface area contributed by atoms with E-state index in [0.29, 0.717) is 12.2 Å². The number of carbonyl (C=O) groups excluding carboxylic acids is 1. The van der Waals surface area contributed by atoms with Crippen molar-refractivity contribution in [3.63, 3.8) is 0 Å². The Kier molecular flexibility index (Phi) is 4.74. The van der Waals surface area contributed by atoms with Gasteiger partial charge < -0.3 is 10.6 Å². The number of hydrogen-bond donors (Lipinski definition) is 2. The highest BCUT2D eigenvalue weighted by atomic mass is 79.9. The summed E-state index contributed by atoms with van der Waals surface area (Å²) in [4.78, 5) is 11.8. The molecule has 2 aromatic rings. The van der Waals surface area contributed by atoms with Crippen LogP contribution < -0.4 is 10.6 Å². The predicted octanol–water partition coefficient (Wildman–Crippen LogP) is 4.22. The maximum Gasteiger partial charge on any atom is 0.319 e. The Morgan fingerprint density at radius 2 is 1.90 bits per heavy atom. The number of benzene rings is 2. The van der Waals surface area contributed by atoms with Gasteiger partial charge in [-0.25, -0.2) is 9.18 Å². The summed E-state index contributed by atoms with van der Waals surface area (Å²) in [5, 5.41) is 5.46. The van der Waals surface area contributed by atoms with Crippen molar-refractivity contribution in [2.24, 2.45) is 0 Å². The molecule has 0 fully saturated rings. The lowest BCUT2D eigenvalue weighted by Crippen LogP contribution is -2.28. The van der Waals surface area contributed by atoms with Gasteiger partial charge in [-0.05, 0) is 58.2 Å². The molecule has 5 heteroatoms. The second kappa shape index (κ2) is 6.52. The summed E-state index contributed by atoms with van der Waals surface area (Å²) < 4.78 is 13.6. The lowest BCUT2D eigenvalue weighted by molar-refractivity contribution is 0.251. The molecule has 0 saturated carbocycles. The zero-order valence-electron chi connectivity index (χ0n) is 10.9. The fourth-order valence-corrected chi connectivity index (χ4v) is 2.26. The zero-order chi connectivity index (χ0) is 14.5. The smallest absolute Gasteiger partial charge is 0.319 e. The van der Waals surface area contributed by atoms with Crippen LogP contribution in [0.25, 0.3) is 0 Å². The number of hydrogen-bond acceptors (Lipinski definition) is 1. The van der Waals surface area contributed by atoms with Crippen LogP contribution in [0.5, 0.6) is 0 Å². The third-order valence-corrected chi connectivity index (χ3v) is 3.40. The molecule has 0 unspecified atom stereocenters. The standard InChI is InChI=1S/C15H14BrFN2O/c1-10-2-7-14(13(16)8-10)19-15(20)18-9-11-3-5-12(17)6-4-11/h2-8H,9H2,1H3,(H2,18,19,20). The van der Waals surface area contributed by atoms with E-state index in [1.165, 1.54) is 12.1 Å². The van der Waals surface area contributed by atoms with Gasteiger partial charge in [-0.1, -0.05) is 18.2 Å². The second-order valence-corrected chi connectivity index (χ2v) is 5.27. The number of aryl methyl sites for hydroxylation is 1. The first-order valence-electron chi connectivity index (χ1n) is 6.10. The van der Waals surface area contributed by atoms with Gasteiger partial charge in [0.15, 0.2) is 0 Å².